The molecule has 1 aliphatic carbocycles. The van der Waals surface area contributed by atoms with Crippen molar-refractivity contribution in [2.45, 2.75) is 25.3 Å². The number of nitriles is 1. The van der Waals surface area contributed by atoms with Gasteiger partial charge in [-0.2, -0.15) is 10.2 Å². The lowest BCUT2D eigenvalue weighted by molar-refractivity contribution is 0.708. The summed E-state index contributed by atoms with van der Waals surface area (Å²) in [7, 11) is 3.03. The SMILES string of the molecule is Cn1c(=O)c2[nH]c(N(CCC#N)C3CC3)nc2n(C)c1=O. The van der Waals surface area contributed by atoms with Crippen LogP contribution in [0.2, 0.25) is 0 Å². The van der Waals surface area contributed by atoms with Crippen LogP contribution >= 0.6 is 0 Å². The molecule has 110 valence electrons. The number of anilines is 1. The van der Waals surface area contributed by atoms with E-state index in [1.54, 1.807) is 7.05 Å². The molecule has 8 nitrogen and oxygen atoms in total. The zero-order chi connectivity index (χ0) is 15.1. The molecule has 0 aromatic carbocycles. The summed E-state index contributed by atoms with van der Waals surface area (Å²) in [6.45, 7) is 0.565. The van der Waals surface area contributed by atoms with Crippen molar-refractivity contribution in [2.24, 2.45) is 14.1 Å². The van der Waals surface area contributed by atoms with Crippen molar-refractivity contribution in [1.82, 2.24) is 19.1 Å². The van der Waals surface area contributed by atoms with Crippen LogP contribution in [0.25, 0.3) is 11.2 Å². The standard InChI is InChI=1S/C13H16N6O2/c1-17-10-9(11(20)18(2)13(17)21)15-12(16-10)19(7-3-6-14)8-4-5-8/h8H,3-5,7H2,1-2H3,(H,15,16). The number of aromatic nitrogens is 4. The fraction of sp³-hybridized carbons (Fsp3) is 0.538. The third kappa shape index (κ3) is 2.11. The minimum Gasteiger partial charge on any atom is -0.338 e. The second-order valence-electron chi connectivity index (χ2n) is 5.30. The molecule has 3 rings (SSSR count). The van der Waals surface area contributed by atoms with E-state index in [1.807, 2.05) is 4.90 Å². The number of nitrogens with one attached hydrogen (secondary N) is 1. The number of fused-ring (bicyclic) bond motifs is 1. The lowest BCUT2D eigenvalue weighted by Crippen LogP contribution is -2.36. The van der Waals surface area contributed by atoms with Crippen molar-refractivity contribution >= 4 is 17.1 Å². The van der Waals surface area contributed by atoms with Crippen molar-refractivity contribution in [3.8, 4) is 6.07 Å². The van der Waals surface area contributed by atoms with E-state index in [9.17, 15) is 9.59 Å². The van der Waals surface area contributed by atoms with Gasteiger partial charge in [0.05, 0.1) is 12.5 Å². The van der Waals surface area contributed by atoms with E-state index in [0.29, 0.717) is 36.1 Å². The van der Waals surface area contributed by atoms with Crippen molar-refractivity contribution in [2.75, 3.05) is 11.4 Å². The zero-order valence-electron chi connectivity index (χ0n) is 12.0. The average Bonchev–Trinajstić information content (AvgIpc) is 3.21. The van der Waals surface area contributed by atoms with Crippen LogP contribution < -0.4 is 16.1 Å². The topological polar surface area (TPSA) is 99.7 Å². The fourth-order valence-corrected chi connectivity index (χ4v) is 2.47. The van der Waals surface area contributed by atoms with Gasteiger partial charge in [0.1, 0.15) is 0 Å². The minimum absolute atomic E-state index is 0.317. The number of hydrogen-bond donors (Lipinski definition) is 1. The lowest BCUT2D eigenvalue weighted by atomic mass is 10.4. The molecule has 1 fully saturated rings. The molecule has 2 aromatic rings. The van der Waals surface area contributed by atoms with Crippen LogP contribution in [0.5, 0.6) is 0 Å². The molecule has 0 unspecified atom stereocenters. The van der Waals surface area contributed by atoms with Gasteiger partial charge < -0.3 is 9.88 Å². The molecule has 8 heteroatoms. The molecule has 21 heavy (non-hydrogen) atoms. The van der Waals surface area contributed by atoms with E-state index in [0.717, 1.165) is 17.4 Å². The van der Waals surface area contributed by atoms with Gasteiger partial charge in [0.25, 0.3) is 5.56 Å². The predicted molar refractivity (Wildman–Crippen MR) is 77.2 cm³/mol. The number of nitrogens with zero attached hydrogens (tertiary/aromatic N) is 5. The maximum atomic E-state index is 12.1. The van der Waals surface area contributed by atoms with Gasteiger partial charge in [0.15, 0.2) is 11.2 Å². The zero-order valence-corrected chi connectivity index (χ0v) is 12.0. The largest absolute Gasteiger partial charge is 0.338 e. The molecule has 2 aromatic heterocycles. The monoisotopic (exact) mass is 288 g/mol. The maximum Gasteiger partial charge on any atom is 0.332 e. The summed E-state index contributed by atoms with van der Waals surface area (Å²) in [5, 5.41) is 8.76. The summed E-state index contributed by atoms with van der Waals surface area (Å²) in [6.07, 6.45) is 2.50. The highest BCUT2D eigenvalue weighted by molar-refractivity contribution is 5.73. The summed E-state index contributed by atoms with van der Waals surface area (Å²) >= 11 is 0. The fourth-order valence-electron chi connectivity index (χ4n) is 2.47. The van der Waals surface area contributed by atoms with Crippen molar-refractivity contribution in [3.63, 3.8) is 0 Å². The quantitative estimate of drug-likeness (QED) is 0.843. The molecule has 0 aliphatic heterocycles. The first-order chi connectivity index (χ1) is 10.0. The lowest BCUT2D eigenvalue weighted by Gasteiger charge is -2.19. The molecule has 2 heterocycles. The van der Waals surface area contributed by atoms with Crippen molar-refractivity contribution in [1.29, 1.82) is 5.26 Å². The summed E-state index contributed by atoms with van der Waals surface area (Å²) < 4.78 is 2.41. The van der Waals surface area contributed by atoms with Crippen LogP contribution in [0.15, 0.2) is 9.59 Å². The molecule has 1 N–H and O–H groups in total. The third-order valence-electron chi connectivity index (χ3n) is 3.81. The highest BCUT2D eigenvalue weighted by Gasteiger charge is 2.31. The first-order valence-corrected chi connectivity index (χ1v) is 6.84. The van der Waals surface area contributed by atoms with Gasteiger partial charge >= 0.3 is 5.69 Å². The number of aromatic amines is 1. The second-order valence-corrected chi connectivity index (χ2v) is 5.30. The normalized spacial score (nSPS) is 14.3. The molecule has 0 amide bonds. The van der Waals surface area contributed by atoms with E-state index in [2.05, 4.69) is 16.0 Å². The summed E-state index contributed by atoms with van der Waals surface area (Å²) in [5.74, 6) is 0.557. The maximum absolute atomic E-state index is 12.1. The Balaban J connectivity index is 2.14. The Morgan fingerprint density at radius 1 is 1.38 bits per heavy atom. The Hall–Kier alpha value is -2.56. The van der Waals surface area contributed by atoms with Gasteiger partial charge in [-0.05, 0) is 12.8 Å². The summed E-state index contributed by atoms with van der Waals surface area (Å²) in [4.78, 5) is 33.5. The van der Waals surface area contributed by atoms with Gasteiger partial charge in [-0.1, -0.05) is 0 Å². The van der Waals surface area contributed by atoms with E-state index in [1.165, 1.54) is 11.6 Å². The molecular weight excluding hydrogens is 272 g/mol. The van der Waals surface area contributed by atoms with E-state index < -0.39 is 5.69 Å². The summed E-state index contributed by atoms with van der Waals surface area (Å²) in [6, 6.07) is 2.48. The third-order valence-corrected chi connectivity index (χ3v) is 3.81. The van der Waals surface area contributed by atoms with Crippen LogP contribution in [0.4, 0.5) is 5.95 Å². The van der Waals surface area contributed by atoms with Gasteiger partial charge in [-0.25, -0.2) is 4.79 Å². The van der Waals surface area contributed by atoms with Crippen molar-refractivity contribution in [3.05, 3.63) is 20.8 Å². The second kappa shape index (κ2) is 4.77. The Morgan fingerprint density at radius 2 is 2.10 bits per heavy atom. The number of imidazole rings is 1. The number of hydrogen-bond acceptors (Lipinski definition) is 5. The van der Waals surface area contributed by atoms with Gasteiger partial charge in [0, 0.05) is 26.7 Å². The van der Waals surface area contributed by atoms with Crippen LogP contribution in [-0.2, 0) is 14.1 Å². The molecule has 1 saturated carbocycles. The number of rotatable bonds is 4. The number of H-pyrrole nitrogens is 1. The van der Waals surface area contributed by atoms with Crippen molar-refractivity contribution < 1.29 is 0 Å². The Morgan fingerprint density at radius 3 is 2.71 bits per heavy atom. The highest BCUT2D eigenvalue weighted by atomic mass is 16.2. The molecule has 0 bridgehead atoms. The van der Waals surface area contributed by atoms with E-state index >= 15 is 0 Å². The smallest absolute Gasteiger partial charge is 0.332 e. The molecule has 0 radical (unpaired) electrons. The van der Waals surface area contributed by atoms with E-state index in [-0.39, 0.29) is 5.56 Å². The number of aryl methyl sites for hydroxylation is 1. The molecule has 1 aliphatic rings. The predicted octanol–water partition coefficient (Wildman–Crippen LogP) is -0.157. The average molecular weight is 288 g/mol. The molecule has 0 spiro atoms. The van der Waals surface area contributed by atoms with E-state index in [4.69, 9.17) is 5.26 Å². The highest BCUT2D eigenvalue weighted by Crippen LogP contribution is 2.30. The molecular formula is C13H16N6O2. The minimum atomic E-state index is -0.402. The van der Waals surface area contributed by atoms with Gasteiger partial charge in [-0.15, -0.1) is 0 Å². The summed E-state index contributed by atoms with van der Waals surface area (Å²) in [5.41, 5.74) is -0.124. The van der Waals surface area contributed by atoms with Gasteiger partial charge in [0.2, 0.25) is 5.95 Å². The first-order valence-electron chi connectivity index (χ1n) is 6.84. The van der Waals surface area contributed by atoms with Crippen LogP contribution in [0.1, 0.15) is 19.3 Å². The van der Waals surface area contributed by atoms with Crippen LogP contribution in [-0.4, -0.2) is 31.7 Å². The van der Waals surface area contributed by atoms with Crippen LogP contribution in [0.3, 0.4) is 0 Å². The first kappa shape index (κ1) is 13.4. The Bertz CT molecular complexity index is 848. The Kier molecular flexibility index (Phi) is 3.05. The van der Waals surface area contributed by atoms with Gasteiger partial charge in [-0.3, -0.25) is 13.9 Å². The Labute approximate surface area is 120 Å². The molecule has 0 saturated heterocycles. The molecule has 0 atom stereocenters. The van der Waals surface area contributed by atoms with Crippen LogP contribution in [0, 0.1) is 11.3 Å².